The highest BCUT2D eigenvalue weighted by Gasteiger charge is 2.29. The lowest BCUT2D eigenvalue weighted by Crippen LogP contribution is -2.20. The number of rotatable bonds is 8. The van der Waals surface area contributed by atoms with Crippen LogP contribution in [0.5, 0.6) is 11.5 Å². The van der Waals surface area contributed by atoms with Crippen molar-refractivity contribution in [1.29, 1.82) is 0 Å². The summed E-state index contributed by atoms with van der Waals surface area (Å²) in [6.45, 7) is 8.67. The van der Waals surface area contributed by atoms with Crippen LogP contribution in [-0.4, -0.2) is 40.2 Å². The lowest BCUT2D eigenvalue weighted by Gasteiger charge is -2.29. The van der Waals surface area contributed by atoms with E-state index in [2.05, 4.69) is 52.0 Å². The molecule has 2 aromatic heterocycles. The van der Waals surface area contributed by atoms with Crippen molar-refractivity contribution < 1.29 is 10.2 Å². The number of phenols is 2. The molecule has 2 heterocycles. The Morgan fingerprint density at radius 3 is 1.08 bits per heavy atom. The minimum atomic E-state index is -0.436. The Kier molecular flexibility index (Phi) is 7.67. The second-order valence-electron chi connectivity index (χ2n) is 14.1. The van der Waals surface area contributed by atoms with E-state index >= 15 is 0 Å². The van der Waals surface area contributed by atoms with Crippen LogP contribution in [0.3, 0.4) is 0 Å². The molecule has 0 saturated carbocycles. The number of aromatic nitrogens is 6. The Balaban J connectivity index is 1.33. The number of hydrogen-bond acceptors (Lipinski definition) is 6. The Hall–Kier alpha value is -6.28. The first kappa shape index (κ1) is 32.0. The van der Waals surface area contributed by atoms with Gasteiger partial charge >= 0.3 is 0 Å². The van der Waals surface area contributed by atoms with E-state index in [9.17, 15) is 10.2 Å². The largest absolute Gasteiger partial charge is 0.505 e. The van der Waals surface area contributed by atoms with Gasteiger partial charge < -0.3 is 10.2 Å². The Bertz CT molecular complexity index is 2290. The summed E-state index contributed by atoms with van der Waals surface area (Å²) in [6.07, 6.45) is 0.219. The molecule has 0 radical (unpaired) electrons. The molecule has 0 unspecified atom stereocenters. The zero-order valence-corrected chi connectivity index (χ0v) is 29.0. The molecule has 0 atom stereocenters. The lowest BCUT2D eigenvalue weighted by atomic mass is 9.76. The van der Waals surface area contributed by atoms with Crippen LogP contribution >= 0.6 is 0 Å². The van der Waals surface area contributed by atoms with Gasteiger partial charge in [0, 0.05) is 28.4 Å². The van der Waals surface area contributed by atoms with Crippen molar-refractivity contribution in [3.8, 4) is 22.9 Å². The molecular formula is C43H38N6O2. The summed E-state index contributed by atoms with van der Waals surface area (Å²) >= 11 is 0. The van der Waals surface area contributed by atoms with Crippen molar-refractivity contribution in [1.82, 2.24) is 30.0 Å². The summed E-state index contributed by atoms with van der Waals surface area (Å²) in [6, 6.07) is 43.9. The second-order valence-corrected chi connectivity index (χ2v) is 14.1. The van der Waals surface area contributed by atoms with Crippen LogP contribution in [0.2, 0.25) is 0 Å². The van der Waals surface area contributed by atoms with Crippen molar-refractivity contribution in [2.24, 2.45) is 0 Å². The third-order valence-electron chi connectivity index (χ3n) is 10.2. The predicted octanol–water partition coefficient (Wildman–Crippen LogP) is 8.81. The minimum absolute atomic E-state index is 0.0412. The molecule has 0 saturated heterocycles. The van der Waals surface area contributed by atoms with Gasteiger partial charge in [0.1, 0.15) is 44.9 Å². The summed E-state index contributed by atoms with van der Waals surface area (Å²) in [5.74, 6) is 0.0825. The van der Waals surface area contributed by atoms with Gasteiger partial charge in [0.05, 0.1) is 0 Å². The SMILES string of the molecule is CC(C)(c1ccccc1)c1cc(Cc2cc(C(C)(C)c3ccccc3)cc(-n3nc4ccccc4n3)c2O)c(O)c(-n2nc3ccccc3n2)c1. The predicted molar refractivity (Wildman–Crippen MR) is 201 cm³/mol. The molecule has 6 aromatic carbocycles. The molecular weight excluding hydrogens is 633 g/mol. The van der Waals surface area contributed by atoms with Crippen LogP contribution in [0, 0.1) is 0 Å². The van der Waals surface area contributed by atoms with E-state index in [0.717, 1.165) is 44.3 Å². The number of fused-ring (bicyclic) bond motifs is 2. The van der Waals surface area contributed by atoms with E-state index < -0.39 is 10.8 Å². The maximum atomic E-state index is 12.1. The van der Waals surface area contributed by atoms with Gasteiger partial charge in [-0.2, -0.15) is 0 Å². The number of nitrogens with zero attached hydrogens (tertiary/aromatic N) is 6. The molecule has 8 heteroatoms. The highest BCUT2D eigenvalue weighted by molar-refractivity contribution is 5.75. The third-order valence-corrected chi connectivity index (χ3v) is 10.2. The maximum absolute atomic E-state index is 12.1. The molecule has 252 valence electrons. The topological polar surface area (TPSA) is 102 Å². The Labute approximate surface area is 296 Å². The van der Waals surface area contributed by atoms with Crippen LogP contribution in [-0.2, 0) is 17.3 Å². The highest BCUT2D eigenvalue weighted by Crippen LogP contribution is 2.42. The van der Waals surface area contributed by atoms with Gasteiger partial charge in [-0.25, -0.2) is 0 Å². The van der Waals surface area contributed by atoms with Gasteiger partial charge in [-0.1, -0.05) is 125 Å². The van der Waals surface area contributed by atoms with Gasteiger partial charge in [0.25, 0.3) is 0 Å². The van der Waals surface area contributed by atoms with E-state index in [1.807, 2.05) is 109 Å². The zero-order valence-electron chi connectivity index (χ0n) is 29.0. The smallest absolute Gasteiger partial charge is 0.146 e. The molecule has 0 fully saturated rings. The second kappa shape index (κ2) is 12.2. The van der Waals surface area contributed by atoms with Gasteiger partial charge in [0.2, 0.25) is 0 Å². The van der Waals surface area contributed by atoms with Gasteiger partial charge in [-0.05, 0) is 58.7 Å². The fourth-order valence-corrected chi connectivity index (χ4v) is 6.83. The summed E-state index contributed by atoms with van der Waals surface area (Å²) in [5, 5.41) is 43.1. The molecule has 2 N–H and O–H groups in total. The van der Waals surface area contributed by atoms with Gasteiger partial charge in [-0.3, -0.25) is 0 Å². The molecule has 8 rings (SSSR count). The molecule has 8 aromatic rings. The molecule has 51 heavy (non-hydrogen) atoms. The molecule has 0 aliphatic heterocycles. The number of benzene rings is 6. The molecule has 8 nitrogen and oxygen atoms in total. The highest BCUT2D eigenvalue weighted by atomic mass is 16.3. The standard InChI is InChI=1S/C43H38N6O2/c1-42(2,30-15-7-5-8-16-30)32-24-28(40(50)38(26-32)48-44-34-19-11-12-20-35(34)45-48)23-29-25-33(43(3,4)31-17-9-6-10-18-31)27-39(41(29)51)49-46-36-21-13-14-22-37(36)47-49/h5-22,24-27,50-51H,23H2,1-4H3. The van der Waals surface area contributed by atoms with Gasteiger partial charge in [0.15, 0.2) is 0 Å². The fourth-order valence-electron chi connectivity index (χ4n) is 6.83. The van der Waals surface area contributed by atoms with Crippen molar-refractivity contribution in [2.45, 2.75) is 44.9 Å². The summed E-state index contributed by atoms with van der Waals surface area (Å²) in [7, 11) is 0. The van der Waals surface area contributed by atoms with E-state index in [1.54, 1.807) is 0 Å². The average molecular weight is 671 g/mol. The Morgan fingerprint density at radius 1 is 0.431 bits per heavy atom. The van der Waals surface area contributed by atoms with Crippen LogP contribution in [0.4, 0.5) is 0 Å². The van der Waals surface area contributed by atoms with Crippen LogP contribution < -0.4 is 0 Å². The van der Waals surface area contributed by atoms with Crippen LogP contribution in [0.15, 0.2) is 133 Å². The van der Waals surface area contributed by atoms with E-state index in [1.165, 1.54) is 9.59 Å². The average Bonchev–Trinajstić information content (AvgIpc) is 3.78. The summed E-state index contributed by atoms with van der Waals surface area (Å²) in [5.41, 5.74) is 8.40. The minimum Gasteiger partial charge on any atom is -0.505 e. The first-order chi connectivity index (χ1) is 24.6. The van der Waals surface area contributed by atoms with Crippen molar-refractivity contribution in [3.63, 3.8) is 0 Å². The lowest BCUT2D eigenvalue weighted by molar-refractivity contribution is 0.454. The number of phenolic OH excluding ortho intramolecular Hbond substituents is 2. The van der Waals surface area contributed by atoms with E-state index in [4.69, 9.17) is 20.4 Å². The number of aromatic hydroxyl groups is 2. The molecule has 0 spiro atoms. The quantitative estimate of drug-likeness (QED) is 0.168. The number of hydrogen-bond donors (Lipinski definition) is 2. The first-order valence-electron chi connectivity index (χ1n) is 17.1. The van der Waals surface area contributed by atoms with Crippen molar-refractivity contribution >= 4 is 22.1 Å². The normalized spacial score (nSPS) is 12.2. The zero-order chi connectivity index (χ0) is 35.3. The first-order valence-corrected chi connectivity index (χ1v) is 17.1. The Morgan fingerprint density at radius 2 is 0.745 bits per heavy atom. The summed E-state index contributed by atoms with van der Waals surface area (Å²) < 4.78 is 0. The molecule has 0 bridgehead atoms. The van der Waals surface area contributed by atoms with Crippen molar-refractivity contribution in [2.75, 3.05) is 0 Å². The van der Waals surface area contributed by atoms with Crippen molar-refractivity contribution in [3.05, 3.63) is 167 Å². The monoisotopic (exact) mass is 670 g/mol. The van der Waals surface area contributed by atoms with Crippen LogP contribution in [0.1, 0.15) is 61.1 Å². The van der Waals surface area contributed by atoms with Crippen LogP contribution in [0.25, 0.3) is 33.4 Å². The molecule has 0 amide bonds. The summed E-state index contributed by atoms with van der Waals surface area (Å²) in [4.78, 5) is 3.01. The molecule has 0 aliphatic rings. The third kappa shape index (κ3) is 5.68. The van der Waals surface area contributed by atoms with E-state index in [0.29, 0.717) is 22.5 Å². The van der Waals surface area contributed by atoms with Gasteiger partial charge in [-0.15, -0.1) is 30.0 Å². The fraction of sp³-hybridized carbons (Fsp3) is 0.163. The van der Waals surface area contributed by atoms with E-state index in [-0.39, 0.29) is 17.9 Å². The maximum Gasteiger partial charge on any atom is 0.146 e. The molecule has 0 aliphatic carbocycles.